The van der Waals surface area contributed by atoms with E-state index in [0.29, 0.717) is 37.7 Å². The number of hydrogen-bond acceptors (Lipinski definition) is 7. The second-order valence-electron chi connectivity index (χ2n) is 7.71. The molecule has 8 nitrogen and oxygen atoms in total. The highest BCUT2D eigenvalue weighted by Gasteiger charge is 2.31. The average Bonchev–Trinajstić information content (AvgIpc) is 2.78. The predicted molar refractivity (Wildman–Crippen MR) is 118 cm³/mol. The van der Waals surface area contributed by atoms with E-state index < -0.39 is 5.97 Å². The lowest BCUT2D eigenvalue weighted by atomic mass is 10.0. The maximum atomic E-state index is 13.4. The minimum Gasteiger partial charge on any atom is -0.495 e. The number of benzene rings is 1. The summed E-state index contributed by atoms with van der Waals surface area (Å²) in [4.78, 5) is 38.8. The number of rotatable bonds is 6. The molecule has 0 atom stereocenters. The van der Waals surface area contributed by atoms with E-state index in [4.69, 9.17) is 9.47 Å². The van der Waals surface area contributed by atoms with E-state index in [-0.39, 0.29) is 29.7 Å². The number of nitrogens with zero attached hydrogens (tertiary/aromatic N) is 4. The molecule has 8 heteroatoms. The van der Waals surface area contributed by atoms with Crippen LogP contribution in [0.15, 0.2) is 24.3 Å². The number of anilines is 1. The van der Waals surface area contributed by atoms with Gasteiger partial charge < -0.3 is 19.3 Å². The third-order valence-electron chi connectivity index (χ3n) is 5.27. The number of aryl methyl sites for hydroxylation is 1. The molecule has 1 aliphatic rings. The first-order chi connectivity index (χ1) is 14.9. The topological polar surface area (TPSA) is 84.9 Å². The molecule has 1 saturated heterocycles. The van der Waals surface area contributed by atoms with Crippen molar-refractivity contribution in [3.8, 4) is 5.75 Å². The molecular weight excluding hydrogens is 396 g/mol. The van der Waals surface area contributed by atoms with E-state index in [0.717, 1.165) is 11.4 Å². The van der Waals surface area contributed by atoms with E-state index in [1.807, 2.05) is 38.1 Å². The van der Waals surface area contributed by atoms with Gasteiger partial charge in [0.25, 0.3) is 5.91 Å². The van der Waals surface area contributed by atoms with Crippen molar-refractivity contribution < 1.29 is 19.1 Å². The second kappa shape index (κ2) is 9.76. The van der Waals surface area contributed by atoms with Gasteiger partial charge in [0.05, 0.1) is 25.1 Å². The van der Waals surface area contributed by atoms with Crippen molar-refractivity contribution in [2.75, 3.05) is 44.8 Å². The fourth-order valence-electron chi connectivity index (χ4n) is 3.76. The SMILES string of the molecule is CCOC(=O)c1c(C(=O)N2CCN(c3ccccc3OC)CC2)nc(C)nc1C(C)C. The molecule has 0 saturated carbocycles. The number of hydrogen-bond donors (Lipinski definition) is 0. The Labute approximate surface area is 183 Å². The molecular formula is C23H30N4O4. The van der Waals surface area contributed by atoms with Crippen LogP contribution in [0.2, 0.25) is 0 Å². The Hall–Kier alpha value is -3.16. The van der Waals surface area contributed by atoms with Gasteiger partial charge in [-0.1, -0.05) is 26.0 Å². The first-order valence-corrected chi connectivity index (χ1v) is 10.6. The number of methoxy groups -OCH3 is 1. The largest absolute Gasteiger partial charge is 0.495 e. The number of aromatic nitrogens is 2. The highest BCUT2D eigenvalue weighted by atomic mass is 16.5. The lowest BCUT2D eigenvalue weighted by Gasteiger charge is -2.36. The monoisotopic (exact) mass is 426 g/mol. The maximum Gasteiger partial charge on any atom is 0.342 e. The lowest BCUT2D eigenvalue weighted by molar-refractivity contribution is 0.0514. The zero-order valence-corrected chi connectivity index (χ0v) is 18.8. The Morgan fingerprint density at radius 2 is 1.77 bits per heavy atom. The molecule has 2 heterocycles. The summed E-state index contributed by atoms with van der Waals surface area (Å²) in [6.07, 6.45) is 0. The molecule has 0 radical (unpaired) electrons. The summed E-state index contributed by atoms with van der Waals surface area (Å²) >= 11 is 0. The van der Waals surface area contributed by atoms with Crippen molar-refractivity contribution in [1.29, 1.82) is 0 Å². The Morgan fingerprint density at radius 1 is 1.10 bits per heavy atom. The normalized spacial score (nSPS) is 14.0. The fraction of sp³-hybridized carbons (Fsp3) is 0.478. The van der Waals surface area contributed by atoms with E-state index in [1.165, 1.54) is 0 Å². The van der Waals surface area contributed by atoms with Crippen LogP contribution >= 0.6 is 0 Å². The first-order valence-electron chi connectivity index (χ1n) is 10.6. The Morgan fingerprint density at radius 3 is 2.39 bits per heavy atom. The van der Waals surface area contributed by atoms with Crippen LogP contribution in [0.25, 0.3) is 0 Å². The average molecular weight is 427 g/mol. The van der Waals surface area contributed by atoms with Crippen LogP contribution < -0.4 is 9.64 Å². The van der Waals surface area contributed by atoms with Gasteiger partial charge in [0, 0.05) is 26.2 Å². The van der Waals surface area contributed by atoms with Gasteiger partial charge in [-0.25, -0.2) is 14.8 Å². The molecule has 0 spiro atoms. The van der Waals surface area contributed by atoms with Crippen LogP contribution in [0.1, 0.15) is 59.1 Å². The number of piperazine rings is 1. The third kappa shape index (κ3) is 4.78. The van der Waals surface area contributed by atoms with Crippen LogP contribution in [0.4, 0.5) is 5.69 Å². The van der Waals surface area contributed by atoms with E-state index >= 15 is 0 Å². The summed E-state index contributed by atoms with van der Waals surface area (Å²) in [6.45, 7) is 9.89. The smallest absolute Gasteiger partial charge is 0.342 e. The predicted octanol–water partition coefficient (Wildman–Crippen LogP) is 3.06. The zero-order valence-electron chi connectivity index (χ0n) is 18.8. The molecule has 1 fully saturated rings. The van der Waals surface area contributed by atoms with Gasteiger partial charge in [-0.15, -0.1) is 0 Å². The van der Waals surface area contributed by atoms with Crippen molar-refractivity contribution in [1.82, 2.24) is 14.9 Å². The minimum atomic E-state index is -0.554. The Kier molecular flexibility index (Phi) is 7.09. The summed E-state index contributed by atoms with van der Waals surface area (Å²) in [5.41, 5.74) is 1.85. The summed E-state index contributed by atoms with van der Waals surface area (Å²) in [6, 6.07) is 7.84. The van der Waals surface area contributed by atoms with Crippen molar-refractivity contribution in [3.63, 3.8) is 0 Å². The summed E-state index contributed by atoms with van der Waals surface area (Å²) in [5, 5.41) is 0. The van der Waals surface area contributed by atoms with Gasteiger partial charge in [0.2, 0.25) is 0 Å². The summed E-state index contributed by atoms with van der Waals surface area (Å²) in [7, 11) is 1.65. The number of carbonyl (C=O) groups is 2. The zero-order chi connectivity index (χ0) is 22.5. The highest BCUT2D eigenvalue weighted by Crippen LogP contribution is 2.29. The number of para-hydroxylation sites is 2. The van der Waals surface area contributed by atoms with Gasteiger partial charge >= 0.3 is 5.97 Å². The van der Waals surface area contributed by atoms with E-state index in [9.17, 15) is 9.59 Å². The molecule has 0 aliphatic carbocycles. The van der Waals surface area contributed by atoms with Gasteiger partial charge in [-0.3, -0.25) is 4.79 Å². The minimum absolute atomic E-state index is 0.0463. The van der Waals surface area contributed by atoms with Crippen LogP contribution in [-0.4, -0.2) is 66.6 Å². The van der Waals surface area contributed by atoms with Gasteiger partial charge in [0.15, 0.2) is 0 Å². The van der Waals surface area contributed by atoms with Crippen LogP contribution in [0.5, 0.6) is 5.75 Å². The number of carbonyl (C=O) groups excluding carboxylic acids is 2. The van der Waals surface area contributed by atoms with Gasteiger partial charge in [-0.2, -0.15) is 0 Å². The molecule has 2 aromatic rings. The maximum absolute atomic E-state index is 13.4. The molecule has 31 heavy (non-hydrogen) atoms. The molecule has 1 aromatic heterocycles. The quantitative estimate of drug-likeness (QED) is 0.656. The van der Waals surface area contributed by atoms with Crippen LogP contribution in [-0.2, 0) is 4.74 Å². The first kappa shape index (κ1) is 22.5. The Balaban J connectivity index is 1.86. The third-order valence-corrected chi connectivity index (χ3v) is 5.27. The fourth-order valence-corrected chi connectivity index (χ4v) is 3.76. The molecule has 1 aromatic carbocycles. The standard InChI is InChI=1S/C23H30N4O4/c1-6-31-23(29)19-20(15(2)3)24-16(4)25-21(19)22(28)27-13-11-26(12-14-27)17-9-7-8-10-18(17)30-5/h7-10,15H,6,11-14H2,1-5H3. The molecule has 0 unspecified atom stereocenters. The number of amides is 1. The summed E-state index contributed by atoms with van der Waals surface area (Å²) in [5.74, 6) is 0.403. The lowest BCUT2D eigenvalue weighted by Crippen LogP contribution is -2.49. The molecule has 1 amide bonds. The van der Waals surface area contributed by atoms with E-state index in [2.05, 4.69) is 14.9 Å². The summed E-state index contributed by atoms with van der Waals surface area (Å²) < 4.78 is 10.7. The number of esters is 1. The van der Waals surface area contributed by atoms with Crippen molar-refractivity contribution >= 4 is 17.6 Å². The molecule has 0 bridgehead atoms. The molecule has 166 valence electrons. The van der Waals surface area contributed by atoms with Crippen molar-refractivity contribution in [3.05, 3.63) is 47.0 Å². The van der Waals surface area contributed by atoms with Crippen LogP contribution in [0, 0.1) is 6.92 Å². The second-order valence-corrected chi connectivity index (χ2v) is 7.71. The van der Waals surface area contributed by atoms with Gasteiger partial charge in [-0.05, 0) is 31.9 Å². The van der Waals surface area contributed by atoms with Gasteiger partial charge in [0.1, 0.15) is 22.8 Å². The molecule has 1 aliphatic heterocycles. The van der Waals surface area contributed by atoms with Crippen molar-refractivity contribution in [2.45, 2.75) is 33.6 Å². The Bertz CT molecular complexity index is 953. The number of ether oxygens (including phenoxy) is 2. The highest BCUT2D eigenvalue weighted by molar-refractivity contribution is 6.04. The molecule has 3 rings (SSSR count). The van der Waals surface area contributed by atoms with Crippen LogP contribution in [0.3, 0.4) is 0 Å². The van der Waals surface area contributed by atoms with Crippen molar-refractivity contribution in [2.24, 2.45) is 0 Å². The van der Waals surface area contributed by atoms with E-state index in [1.54, 1.807) is 25.9 Å². The molecule has 0 N–H and O–H groups in total.